The topological polar surface area (TPSA) is 41.6 Å². The van der Waals surface area contributed by atoms with Crippen LogP contribution in [-0.4, -0.2) is 42.6 Å². The summed E-state index contributed by atoms with van der Waals surface area (Å²) in [4.78, 5) is 14.3. The standard InChI is InChI=1S/C19H30N2O2/c1-14(2)17-12-21(11-10-19(22)20-15(3)4)13-18(23-17)16-8-6-5-7-9-16/h5-9,14-15,17-18H,10-13H2,1-4H3,(H,20,22)/t17-,18+/m1/s1. The van der Waals surface area contributed by atoms with Crippen LogP contribution in [0.25, 0.3) is 0 Å². The summed E-state index contributed by atoms with van der Waals surface area (Å²) in [5.41, 5.74) is 1.22. The van der Waals surface area contributed by atoms with E-state index in [1.807, 2.05) is 19.9 Å². The molecule has 4 heteroatoms. The molecule has 1 N–H and O–H groups in total. The Kier molecular flexibility index (Phi) is 6.60. The molecule has 1 heterocycles. The van der Waals surface area contributed by atoms with Gasteiger partial charge < -0.3 is 10.1 Å². The van der Waals surface area contributed by atoms with E-state index in [0.29, 0.717) is 12.3 Å². The zero-order chi connectivity index (χ0) is 16.8. The molecule has 0 saturated carbocycles. The predicted octanol–water partition coefficient (Wildman–Crippen LogP) is 3.00. The number of hydrogen-bond donors (Lipinski definition) is 1. The largest absolute Gasteiger partial charge is 0.367 e. The van der Waals surface area contributed by atoms with Gasteiger partial charge >= 0.3 is 0 Å². The Hall–Kier alpha value is -1.39. The number of rotatable bonds is 6. The summed E-state index contributed by atoms with van der Waals surface area (Å²) in [6.07, 6.45) is 0.845. The van der Waals surface area contributed by atoms with Crippen LogP contribution in [0.5, 0.6) is 0 Å². The van der Waals surface area contributed by atoms with E-state index in [1.54, 1.807) is 0 Å². The molecule has 1 aliphatic heterocycles. The normalized spacial score (nSPS) is 22.5. The molecule has 2 rings (SSSR count). The van der Waals surface area contributed by atoms with Crippen LogP contribution in [0.3, 0.4) is 0 Å². The number of carbonyl (C=O) groups excluding carboxylic acids is 1. The zero-order valence-electron chi connectivity index (χ0n) is 14.8. The fourth-order valence-corrected chi connectivity index (χ4v) is 2.92. The third kappa shape index (κ3) is 5.63. The molecular weight excluding hydrogens is 288 g/mol. The van der Waals surface area contributed by atoms with Crippen molar-refractivity contribution in [2.75, 3.05) is 19.6 Å². The summed E-state index contributed by atoms with van der Waals surface area (Å²) in [7, 11) is 0. The van der Waals surface area contributed by atoms with Gasteiger partial charge in [-0.05, 0) is 25.3 Å². The van der Waals surface area contributed by atoms with E-state index in [0.717, 1.165) is 19.6 Å². The van der Waals surface area contributed by atoms with Crippen LogP contribution in [0.1, 0.15) is 45.8 Å². The maximum Gasteiger partial charge on any atom is 0.221 e. The second-order valence-electron chi connectivity index (χ2n) is 7.05. The number of ether oxygens (including phenoxy) is 1. The van der Waals surface area contributed by atoms with Gasteiger partial charge in [-0.3, -0.25) is 9.69 Å². The van der Waals surface area contributed by atoms with Crippen molar-refractivity contribution < 1.29 is 9.53 Å². The van der Waals surface area contributed by atoms with Crippen molar-refractivity contribution in [1.29, 1.82) is 0 Å². The lowest BCUT2D eigenvalue weighted by molar-refractivity contribution is -0.124. The average molecular weight is 318 g/mol. The molecule has 23 heavy (non-hydrogen) atoms. The van der Waals surface area contributed by atoms with Gasteiger partial charge in [0.05, 0.1) is 12.2 Å². The molecular formula is C19H30N2O2. The molecule has 0 aliphatic carbocycles. The number of hydrogen-bond acceptors (Lipinski definition) is 3. The lowest BCUT2D eigenvalue weighted by Gasteiger charge is -2.40. The smallest absolute Gasteiger partial charge is 0.221 e. The first kappa shape index (κ1) is 18.0. The molecule has 0 unspecified atom stereocenters. The van der Waals surface area contributed by atoms with Crippen LogP contribution >= 0.6 is 0 Å². The highest BCUT2D eigenvalue weighted by atomic mass is 16.5. The Morgan fingerprint density at radius 3 is 2.52 bits per heavy atom. The fourth-order valence-electron chi connectivity index (χ4n) is 2.92. The van der Waals surface area contributed by atoms with Crippen molar-refractivity contribution >= 4 is 5.91 Å². The van der Waals surface area contributed by atoms with Crippen molar-refractivity contribution in [3.8, 4) is 0 Å². The molecule has 1 aromatic rings. The van der Waals surface area contributed by atoms with Crippen molar-refractivity contribution in [3.63, 3.8) is 0 Å². The summed E-state index contributed by atoms with van der Waals surface area (Å²) in [5.74, 6) is 0.595. The number of morpholine rings is 1. The van der Waals surface area contributed by atoms with Crippen molar-refractivity contribution in [2.45, 2.75) is 52.4 Å². The monoisotopic (exact) mass is 318 g/mol. The number of benzene rings is 1. The van der Waals surface area contributed by atoms with Crippen LogP contribution < -0.4 is 5.32 Å². The molecule has 128 valence electrons. The Labute approximate surface area is 140 Å². The summed E-state index contributed by atoms with van der Waals surface area (Å²) in [6.45, 7) is 10.9. The van der Waals surface area contributed by atoms with Gasteiger partial charge in [0.1, 0.15) is 0 Å². The second-order valence-corrected chi connectivity index (χ2v) is 7.05. The fraction of sp³-hybridized carbons (Fsp3) is 0.632. The van der Waals surface area contributed by atoms with E-state index in [1.165, 1.54) is 5.56 Å². The van der Waals surface area contributed by atoms with Crippen LogP contribution in [0.4, 0.5) is 0 Å². The van der Waals surface area contributed by atoms with Crippen LogP contribution in [0.2, 0.25) is 0 Å². The SMILES string of the molecule is CC(C)NC(=O)CCN1C[C@@H](c2ccccc2)O[C@@H](C(C)C)C1. The van der Waals surface area contributed by atoms with Gasteiger partial charge in [-0.2, -0.15) is 0 Å². The highest BCUT2D eigenvalue weighted by Crippen LogP contribution is 2.28. The highest BCUT2D eigenvalue weighted by molar-refractivity contribution is 5.76. The predicted molar refractivity (Wildman–Crippen MR) is 93.2 cm³/mol. The molecule has 1 aromatic carbocycles. The summed E-state index contributed by atoms with van der Waals surface area (Å²) in [6, 6.07) is 10.6. The van der Waals surface area contributed by atoms with Crippen LogP contribution in [0, 0.1) is 5.92 Å². The quantitative estimate of drug-likeness (QED) is 0.877. The molecule has 1 fully saturated rings. The number of amides is 1. The molecule has 0 aromatic heterocycles. The minimum absolute atomic E-state index is 0.0884. The summed E-state index contributed by atoms with van der Waals surface area (Å²) in [5, 5.41) is 2.96. The first-order valence-electron chi connectivity index (χ1n) is 8.68. The van der Waals surface area contributed by atoms with E-state index in [4.69, 9.17) is 4.74 Å². The van der Waals surface area contributed by atoms with Gasteiger partial charge in [0.2, 0.25) is 5.91 Å². The third-order valence-corrected chi connectivity index (χ3v) is 4.22. The lowest BCUT2D eigenvalue weighted by Crippen LogP contribution is -2.47. The number of nitrogens with one attached hydrogen (secondary N) is 1. The molecule has 0 radical (unpaired) electrons. The Morgan fingerprint density at radius 2 is 1.91 bits per heavy atom. The first-order valence-corrected chi connectivity index (χ1v) is 8.68. The Balaban J connectivity index is 1.97. The Bertz CT molecular complexity index is 487. The van der Waals surface area contributed by atoms with Crippen molar-refractivity contribution in [1.82, 2.24) is 10.2 Å². The van der Waals surface area contributed by atoms with E-state index in [2.05, 4.69) is 48.3 Å². The van der Waals surface area contributed by atoms with E-state index < -0.39 is 0 Å². The minimum Gasteiger partial charge on any atom is -0.367 e. The lowest BCUT2D eigenvalue weighted by atomic mass is 10.0. The van der Waals surface area contributed by atoms with E-state index >= 15 is 0 Å². The van der Waals surface area contributed by atoms with E-state index in [-0.39, 0.29) is 24.2 Å². The molecule has 0 spiro atoms. The van der Waals surface area contributed by atoms with Crippen LogP contribution in [-0.2, 0) is 9.53 Å². The van der Waals surface area contributed by atoms with Gasteiger partial charge in [0.25, 0.3) is 0 Å². The molecule has 0 bridgehead atoms. The van der Waals surface area contributed by atoms with Gasteiger partial charge in [-0.1, -0.05) is 44.2 Å². The van der Waals surface area contributed by atoms with Gasteiger partial charge in [-0.25, -0.2) is 0 Å². The van der Waals surface area contributed by atoms with Gasteiger partial charge in [-0.15, -0.1) is 0 Å². The molecule has 2 atom stereocenters. The molecule has 1 saturated heterocycles. The summed E-state index contributed by atoms with van der Waals surface area (Å²) >= 11 is 0. The first-order chi connectivity index (χ1) is 11.0. The number of nitrogens with zero attached hydrogens (tertiary/aromatic N) is 1. The van der Waals surface area contributed by atoms with Crippen LogP contribution in [0.15, 0.2) is 30.3 Å². The summed E-state index contributed by atoms with van der Waals surface area (Å²) < 4.78 is 6.29. The highest BCUT2D eigenvalue weighted by Gasteiger charge is 2.30. The molecule has 4 nitrogen and oxygen atoms in total. The van der Waals surface area contributed by atoms with E-state index in [9.17, 15) is 4.79 Å². The molecule has 1 amide bonds. The van der Waals surface area contributed by atoms with Crippen molar-refractivity contribution in [3.05, 3.63) is 35.9 Å². The second kappa shape index (κ2) is 8.46. The maximum atomic E-state index is 11.9. The Morgan fingerprint density at radius 1 is 1.22 bits per heavy atom. The third-order valence-electron chi connectivity index (χ3n) is 4.22. The molecule has 1 aliphatic rings. The zero-order valence-corrected chi connectivity index (χ0v) is 14.8. The maximum absolute atomic E-state index is 11.9. The van der Waals surface area contributed by atoms with Gasteiger partial charge in [0.15, 0.2) is 0 Å². The van der Waals surface area contributed by atoms with Gasteiger partial charge in [0, 0.05) is 32.1 Å². The minimum atomic E-state index is 0.0884. The number of carbonyl (C=O) groups is 1. The average Bonchev–Trinajstić information content (AvgIpc) is 2.53. The van der Waals surface area contributed by atoms with Crippen molar-refractivity contribution in [2.24, 2.45) is 5.92 Å².